The number of hydrogen-bond acceptors (Lipinski definition) is 6. The molecule has 9 nitrogen and oxygen atoms in total. The first-order chi connectivity index (χ1) is 19.1. The topological polar surface area (TPSA) is 88.1 Å². The summed E-state index contributed by atoms with van der Waals surface area (Å²) in [4.78, 5) is 9.09. The van der Waals surface area contributed by atoms with Gasteiger partial charge in [-0.1, -0.05) is 19.1 Å². The van der Waals surface area contributed by atoms with Gasteiger partial charge < -0.3 is 20.1 Å². The van der Waals surface area contributed by atoms with E-state index < -0.39 is 0 Å². The van der Waals surface area contributed by atoms with Crippen LogP contribution in [-0.4, -0.2) is 57.0 Å². The van der Waals surface area contributed by atoms with Crippen LogP contribution in [0.5, 0.6) is 17.2 Å². The number of allylic oxidation sites excluding steroid dienone is 1. The van der Waals surface area contributed by atoms with E-state index in [0.29, 0.717) is 12.4 Å². The van der Waals surface area contributed by atoms with Gasteiger partial charge in [-0.15, -0.1) is 0 Å². The van der Waals surface area contributed by atoms with Crippen molar-refractivity contribution in [3.05, 3.63) is 84.0 Å². The van der Waals surface area contributed by atoms with Gasteiger partial charge in [0.05, 0.1) is 18.7 Å². The maximum absolute atomic E-state index is 6.37. The Kier molecular flexibility index (Phi) is 6.81. The summed E-state index contributed by atoms with van der Waals surface area (Å²) in [5.74, 6) is 3.10. The number of aliphatic imine (C=N–C) groups is 1. The van der Waals surface area contributed by atoms with Crippen LogP contribution in [0.3, 0.4) is 0 Å². The molecule has 4 heterocycles. The molecule has 2 aliphatic rings. The molecule has 2 aromatic carbocycles. The molecule has 0 saturated carbocycles. The highest BCUT2D eigenvalue weighted by molar-refractivity contribution is 6.12. The number of aryl methyl sites for hydroxylation is 2. The van der Waals surface area contributed by atoms with Gasteiger partial charge in [0, 0.05) is 30.2 Å². The lowest BCUT2D eigenvalue weighted by Crippen LogP contribution is -2.44. The lowest BCUT2D eigenvalue weighted by molar-refractivity contribution is -0.449. The van der Waals surface area contributed by atoms with Gasteiger partial charge >= 0.3 is 0 Å². The number of fused-ring (bicyclic) bond motifs is 3. The van der Waals surface area contributed by atoms with Crippen LogP contribution in [0.15, 0.2) is 72.3 Å². The zero-order valence-electron chi connectivity index (χ0n) is 22.4. The van der Waals surface area contributed by atoms with Crippen molar-refractivity contribution < 1.29 is 14.0 Å². The van der Waals surface area contributed by atoms with Gasteiger partial charge in [-0.25, -0.2) is 14.5 Å². The van der Waals surface area contributed by atoms with Gasteiger partial charge in [0.2, 0.25) is 17.1 Å². The number of aromatic nitrogens is 3. The number of anilines is 1. The second-order valence-corrected chi connectivity index (χ2v) is 9.69. The van der Waals surface area contributed by atoms with Crippen molar-refractivity contribution in [2.75, 3.05) is 31.6 Å². The number of pyridine rings is 1. The zero-order valence-corrected chi connectivity index (χ0v) is 22.4. The molecule has 2 aromatic heterocycles. The molecule has 2 N–H and O–H groups in total. The molecule has 0 atom stereocenters. The van der Waals surface area contributed by atoms with E-state index in [1.54, 1.807) is 4.52 Å². The van der Waals surface area contributed by atoms with Gasteiger partial charge in [0.25, 0.3) is 0 Å². The number of ether oxygens (including phenoxy) is 2. The molecule has 0 bridgehead atoms. The highest BCUT2D eigenvalue weighted by atomic mass is 16.5. The first-order valence-corrected chi connectivity index (χ1v) is 13.3. The van der Waals surface area contributed by atoms with Gasteiger partial charge in [0.15, 0.2) is 18.8 Å². The van der Waals surface area contributed by atoms with Crippen LogP contribution in [0.2, 0.25) is 0 Å². The quantitative estimate of drug-likeness (QED) is 0.211. The zero-order chi connectivity index (χ0) is 26.8. The maximum Gasteiger partial charge on any atom is 0.248 e. The number of amidine groups is 1. The summed E-state index contributed by atoms with van der Waals surface area (Å²) in [6.07, 6.45) is 8.17. The Balaban J connectivity index is 1.32. The first-order valence-electron chi connectivity index (χ1n) is 13.3. The third kappa shape index (κ3) is 5.00. The minimum absolute atomic E-state index is 0.570. The number of benzene rings is 2. The molecule has 6 rings (SSSR count). The van der Waals surface area contributed by atoms with E-state index in [2.05, 4.69) is 57.3 Å². The van der Waals surface area contributed by atoms with Crippen molar-refractivity contribution in [3.63, 3.8) is 0 Å². The van der Waals surface area contributed by atoms with E-state index in [4.69, 9.17) is 14.5 Å². The molecule has 39 heavy (non-hydrogen) atoms. The second kappa shape index (κ2) is 10.7. The third-order valence-corrected chi connectivity index (χ3v) is 6.94. The fourth-order valence-electron chi connectivity index (χ4n) is 4.93. The van der Waals surface area contributed by atoms with Crippen LogP contribution in [0.25, 0.3) is 5.65 Å². The molecular formula is C30H32N7O2+. The molecule has 0 radical (unpaired) electrons. The Morgan fingerprint density at radius 3 is 3.00 bits per heavy atom. The Bertz CT molecular complexity index is 1630. The van der Waals surface area contributed by atoms with Crippen molar-refractivity contribution in [2.24, 2.45) is 4.99 Å². The summed E-state index contributed by atoms with van der Waals surface area (Å²) in [7, 11) is 0. The van der Waals surface area contributed by atoms with Crippen molar-refractivity contribution in [1.82, 2.24) is 19.9 Å². The van der Waals surface area contributed by atoms with Crippen LogP contribution < -0.4 is 20.1 Å². The number of rotatable bonds is 6. The Labute approximate surface area is 227 Å². The maximum atomic E-state index is 6.37. The lowest BCUT2D eigenvalue weighted by atomic mass is 10.0. The number of hydrogen-bond donors (Lipinski definition) is 2. The third-order valence-electron chi connectivity index (χ3n) is 6.94. The molecule has 0 amide bonds. The van der Waals surface area contributed by atoms with E-state index in [1.807, 2.05) is 49.7 Å². The summed E-state index contributed by atoms with van der Waals surface area (Å²) in [5.41, 5.74) is 7.08. The predicted molar refractivity (Wildman–Crippen MR) is 153 cm³/mol. The van der Waals surface area contributed by atoms with Crippen molar-refractivity contribution in [1.29, 1.82) is 0 Å². The van der Waals surface area contributed by atoms with E-state index in [0.717, 1.165) is 77.1 Å². The standard InChI is InChI=1S/C30H32N7O2/c1-4-5-11-32-30(28-20(2)6-8-25-29(28)38-18-23-17-31-12-14-36(23)25)35-22-7-9-26(21(3)15-22)39-24-10-13-37-27(16-24)33-19-34-37/h5-11,13,15-16,19,31H,4,12,14,17-18H2,1-3H3,(H,32,35)/q+1/b11-5+. The van der Waals surface area contributed by atoms with Crippen LogP contribution >= 0.6 is 0 Å². The lowest BCUT2D eigenvalue weighted by Gasteiger charge is -2.25. The molecule has 0 aliphatic carbocycles. The van der Waals surface area contributed by atoms with Gasteiger partial charge in [-0.3, -0.25) is 0 Å². The van der Waals surface area contributed by atoms with Crippen molar-refractivity contribution in [2.45, 2.75) is 27.2 Å². The fourth-order valence-corrected chi connectivity index (χ4v) is 4.93. The largest absolute Gasteiger partial charge is 0.475 e. The molecule has 4 aromatic rings. The molecular weight excluding hydrogens is 490 g/mol. The van der Waals surface area contributed by atoms with E-state index in [-0.39, 0.29) is 0 Å². The molecule has 2 aliphatic heterocycles. The number of nitrogens with zero attached hydrogens (tertiary/aromatic N) is 5. The Morgan fingerprint density at radius 1 is 1.21 bits per heavy atom. The fraction of sp³-hybridized carbons (Fsp3) is 0.267. The summed E-state index contributed by atoms with van der Waals surface area (Å²) >= 11 is 0. The van der Waals surface area contributed by atoms with Gasteiger partial charge in [-0.2, -0.15) is 9.67 Å². The minimum Gasteiger partial charge on any atom is -0.475 e. The smallest absolute Gasteiger partial charge is 0.248 e. The molecule has 198 valence electrons. The molecule has 0 spiro atoms. The molecule has 0 saturated heterocycles. The van der Waals surface area contributed by atoms with Crippen molar-refractivity contribution in [3.8, 4) is 17.2 Å². The molecule has 0 unspecified atom stereocenters. The van der Waals surface area contributed by atoms with Crippen LogP contribution in [0.4, 0.5) is 11.4 Å². The van der Waals surface area contributed by atoms with Gasteiger partial charge in [0.1, 0.15) is 23.7 Å². The first kappa shape index (κ1) is 24.8. The summed E-state index contributed by atoms with van der Waals surface area (Å²) in [6, 6.07) is 14.1. The van der Waals surface area contributed by atoms with Crippen LogP contribution in [-0.2, 0) is 0 Å². The monoisotopic (exact) mass is 522 g/mol. The molecule has 9 heteroatoms. The van der Waals surface area contributed by atoms with Gasteiger partial charge in [-0.05, 0) is 55.7 Å². The Hall–Kier alpha value is -4.50. The summed E-state index contributed by atoms with van der Waals surface area (Å²) in [6.45, 7) is 9.53. The normalized spacial score (nSPS) is 15.3. The summed E-state index contributed by atoms with van der Waals surface area (Å²) in [5, 5.41) is 11.2. The molecule has 0 fully saturated rings. The minimum atomic E-state index is 0.570. The second-order valence-electron chi connectivity index (χ2n) is 9.69. The number of nitrogens with one attached hydrogen (secondary N) is 2. The van der Waals surface area contributed by atoms with Crippen LogP contribution in [0, 0.1) is 13.8 Å². The van der Waals surface area contributed by atoms with Crippen LogP contribution in [0.1, 0.15) is 30.0 Å². The average molecular weight is 523 g/mol. The van der Waals surface area contributed by atoms with E-state index in [1.165, 1.54) is 12.0 Å². The highest BCUT2D eigenvalue weighted by Gasteiger charge is 2.33. The predicted octanol–water partition coefficient (Wildman–Crippen LogP) is 5.00. The SMILES string of the molecule is CC/C=C/N=C(Nc1ccc(Oc2ccn3ncnc3c2)c(C)c1)c1c(C)ccc2c1OCC1=[N+]2CCNC1. The Morgan fingerprint density at radius 2 is 2.13 bits per heavy atom. The average Bonchev–Trinajstić information content (AvgIpc) is 3.42. The van der Waals surface area contributed by atoms with Crippen molar-refractivity contribution >= 4 is 28.6 Å². The highest BCUT2D eigenvalue weighted by Crippen LogP contribution is 2.37. The van der Waals surface area contributed by atoms with E-state index in [9.17, 15) is 0 Å². The van der Waals surface area contributed by atoms with E-state index >= 15 is 0 Å². The summed E-state index contributed by atoms with van der Waals surface area (Å²) < 4.78 is 16.6.